The third-order valence-electron chi connectivity index (χ3n) is 9.18. The van der Waals surface area contributed by atoms with E-state index in [1.165, 1.54) is 19.3 Å². The number of nitrogens with zero attached hydrogens (tertiary/aromatic N) is 2. The van der Waals surface area contributed by atoms with E-state index in [-0.39, 0.29) is 29.3 Å². The van der Waals surface area contributed by atoms with Crippen LogP contribution in [0.2, 0.25) is 0 Å². The van der Waals surface area contributed by atoms with E-state index in [2.05, 4.69) is 22.5 Å². The van der Waals surface area contributed by atoms with E-state index in [1.54, 1.807) is 0 Å². The average molecular weight is 459 g/mol. The maximum atomic E-state index is 13.8. The highest BCUT2D eigenvalue weighted by Crippen LogP contribution is 2.60. The van der Waals surface area contributed by atoms with Gasteiger partial charge in [-0.05, 0) is 88.4 Å². The maximum absolute atomic E-state index is 13.8. The molecule has 6 rings (SSSR count). The zero-order chi connectivity index (χ0) is 23.0. The molecular weight excluding hydrogens is 416 g/mol. The van der Waals surface area contributed by atoms with Crippen molar-refractivity contribution in [2.75, 3.05) is 32.7 Å². The second-order valence-electron chi connectivity index (χ2n) is 11.8. The molecule has 6 fully saturated rings. The number of hydrogen-bond acceptors (Lipinski definition) is 4. The maximum Gasteiger partial charge on any atom is 0.243 e. The van der Waals surface area contributed by atoms with E-state index in [4.69, 9.17) is 0 Å². The molecule has 2 N–H and O–H groups in total. The molecule has 184 valence electrons. The van der Waals surface area contributed by atoms with Crippen molar-refractivity contribution in [2.45, 2.75) is 89.6 Å². The summed E-state index contributed by atoms with van der Waals surface area (Å²) in [6.45, 7) is 5.61. The van der Waals surface area contributed by atoms with Crippen LogP contribution in [0.15, 0.2) is 0 Å². The van der Waals surface area contributed by atoms with Gasteiger partial charge < -0.3 is 15.5 Å². The van der Waals surface area contributed by atoms with E-state index >= 15 is 0 Å². The minimum Gasteiger partial charge on any atom is -0.355 e. The van der Waals surface area contributed by atoms with Crippen LogP contribution in [0, 0.1) is 23.2 Å². The van der Waals surface area contributed by atoms with Crippen LogP contribution in [-0.2, 0) is 14.4 Å². The number of likely N-dealkylation sites (tertiary alicyclic amines) is 2. The molecule has 0 radical (unpaired) electrons. The van der Waals surface area contributed by atoms with Gasteiger partial charge in [0.2, 0.25) is 17.7 Å². The Morgan fingerprint density at radius 1 is 0.909 bits per heavy atom. The zero-order valence-electron chi connectivity index (χ0n) is 20.3. The van der Waals surface area contributed by atoms with Crippen molar-refractivity contribution in [3.05, 3.63) is 0 Å². The fourth-order valence-electron chi connectivity index (χ4n) is 8.02. The van der Waals surface area contributed by atoms with E-state index in [0.29, 0.717) is 12.5 Å². The molecule has 4 aliphatic carbocycles. The van der Waals surface area contributed by atoms with Crippen LogP contribution in [0.5, 0.6) is 0 Å². The van der Waals surface area contributed by atoms with Crippen LogP contribution in [-0.4, -0.2) is 72.3 Å². The molecule has 1 unspecified atom stereocenters. The summed E-state index contributed by atoms with van der Waals surface area (Å²) < 4.78 is 0. The van der Waals surface area contributed by atoms with Crippen molar-refractivity contribution < 1.29 is 14.4 Å². The van der Waals surface area contributed by atoms with Crippen LogP contribution in [0.4, 0.5) is 0 Å². The molecule has 4 bridgehead atoms. The largest absolute Gasteiger partial charge is 0.355 e. The number of carbonyl (C=O) groups excluding carboxylic acids is 3. The molecule has 2 heterocycles. The summed E-state index contributed by atoms with van der Waals surface area (Å²) in [5, 5.41) is 6.20. The lowest BCUT2D eigenvalue weighted by atomic mass is 9.49. The molecule has 4 saturated carbocycles. The highest BCUT2D eigenvalue weighted by molar-refractivity contribution is 5.91. The molecule has 0 spiro atoms. The second-order valence-corrected chi connectivity index (χ2v) is 11.8. The molecule has 2 saturated heterocycles. The molecule has 0 aromatic carbocycles. The Morgan fingerprint density at radius 3 is 2.15 bits per heavy atom. The molecule has 6 aliphatic rings. The highest BCUT2D eigenvalue weighted by Gasteiger charge is 2.56. The predicted octanol–water partition coefficient (Wildman–Crippen LogP) is 2.30. The van der Waals surface area contributed by atoms with E-state index < -0.39 is 0 Å². The number of nitrogens with one attached hydrogen (secondary N) is 2. The number of rotatable bonds is 7. The first-order valence-electron chi connectivity index (χ1n) is 13.6. The zero-order valence-corrected chi connectivity index (χ0v) is 20.3. The van der Waals surface area contributed by atoms with Gasteiger partial charge in [0.1, 0.15) is 6.04 Å². The van der Waals surface area contributed by atoms with Gasteiger partial charge in [-0.25, -0.2) is 0 Å². The van der Waals surface area contributed by atoms with E-state index in [9.17, 15) is 14.4 Å². The van der Waals surface area contributed by atoms with Crippen LogP contribution in [0.1, 0.15) is 77.6 Å². The van der Waals surface area contributed by atoms with Crippen LogP contribution in [0.3, 0.4) is 0 Å². The van der Waals surface area contributed by atoms with Gasteiger partial charge in [-0.2, -0.15) is 0 Å². The van der Waals surface area contributed by atoms with Crippen molar-refractivity contribution in [3.63, 3.8) is 0 Å². The van der Waals surface area contributed by atoms with Gasteiger partial charge in [0.15, 0.2) is 0 Å². The molecule has 2 aliphatic heterocycles. The summed E-state index contributed by atoms with van der Waals surface area (Å²) in [5.41, 5.74) is -0.165. The molecule has 0 aromatic rings. The van der Waals surface area contributed by atoms with Crippen molar-refractivity contribution >= 4 is 17.7 Å². The van der Waals surface area contributed by atoms with Gasteiger partial charge in [-0.3, -0.25) is 19.3 Å². The van der Waals surface area contributed by atoms with Gasteiger partial charge in [-0.1, -0.05) is 6.92 Å². The van der Waals surface area contributed by atoms with E-state index in [0.717, 1.165) is 95.3 Å². The molecule has 7 nitrogen and oxygen atoms in total. The lowest BCUT2D eigenvalue weighted by Gasteiger charge is -2.56. The van der Waals surface area contributed by atoms with Gasteiger partial charge >= 0.3 is 0 Å². The van der Waals surface area contributed by atoms with Crippen molar-refractivity contribution in [2.24, 2.45) is 23.2 Å². The average Bonchev–Trinajstić information content (AvgIpc) is 3.27. The quantitative estimate of drug-likeness (QED) is 0.613. The molecule has 1 atom stereocenters. The summed E-state index contributed by atoms with van der Waals surface area (Å²) in [5.74, 6) is 2.65. The smallest absolute Gasteiger partial charge is 0.243 e. The van der Waals surface area contributed by atoms with Crippen molar-refractivity contribution in [3.8, 4) is 0 Å². The van der Waals surface area contributed by atoms with Crippen molar-refractivity contribution in [1.29, 1.82) is 0 Å². The van der Waals surface area contributed by atoms with Gasteiger partial charge in [0.25, 0.3) is 0 Å². The highest BCUT2D eigenvalue weighted by atomic mass is 16.2. The topological polar surface area (TPSA) is 81.8 Å². The molecule has 0 aromatic heterocycles. The minimum absolute atomic E-state index is 0.0460. The summed E-state index contributed by atoms with van der Waals surface area (Å²) in [6.07, 6.45) is 11.6. The van der Waals surface area contributed by atoms with Gasteiger partial charge in [0, 0.05) is 32.2 Å². The Balaban J connectivity index is 1.13. The summed E-state index contributed by atoms with van der Waals surface area (Å²) >= 11 is 0. The Labute approximate surface area is 198 Å². The Hall–Kier alpha value is -1.63. The Morgan fingerprint density at radius 2 is 1.55 bits per heavy atom. The Bertz CT molecular complexity index is 725. The second kappa shape index (κ2) is 9.55. The fourth-order valence-corrected chi connectivity index (χ4v) is 8.02. The first-order valence-corrected chi connectivity index (χ1v) is 13.6. The van der Waals surface area contributed by atoms with Crippen molar-refractivity contribution in [1.82, 2.24) is 20.4 Å². The lowest BCUT2D eigenvalue weighted by Crippen LogP contribution is -2.58. The SMILES string of the molecule is CCCNC(=O)CN1CCC(NC(=O)C2CCCN2C(=O)C23CC4CC(CC(C4)C2)C3)CC1. The first kappa shape index (κ1) is 23.1. The fraction of sp³-hybridized carbons (Fsp3) is 0.885. The standard InChI is InChI=1S/C26H42N4O3/c1-2-7-27-23(31)17-29-9-5-21(6-10-29)28-24(32)22-4-3-8-30(22)25(33)26-14-18-11-19(15-26)13-20(12-18)16-26/h18-22H,2-17H2,1H3,(H,27,31)(H,28,32). The molecule has 7 heteroatoms. The minimum atomic E-state index is -0.289. The van der Waals surface area contributed by atoms with Crippen LogP contribution >= 0.6 is 0 Å². The Kier molecular flexibility index (Phi) is 6.69. The summed E-state index contributed by atoms with van der Waals surface area (Å²) in [6, 6.07) is -0.145. The normalized spacial score (nSPS) is 36.2. The van der Waals surface area contributed by atoms with Crippen LogP contribution in [0.25, 0.3) is 0 Å². The third kappa shape index (κ3) is 4.80. The van der Waals surface area contributed by atoms with E-state index in [1.807, 2.05) is 4.90 Å². The third-order valence-corrected chi connectivity index (χ3v) is 9.18. The van der Waals surface area contributed by atoms with Crippen LogP contribution < -0.4 is 10.6 Å². The number of piperidine rings is 1. The molecule has 33 heavy (non-hydrogen) atoms. The molecular formula is C26H42N4O3. The lowest BCUT2D eigenvalue weighted by molar-refractivity contribution is -0.160. The predicted molar refractivity (Wildman–Crippen MR) is 126 cm³/mol. The number of amides is 3. The monoisotopic (exact) mass is 458 g/mol. The summed E-state index contributed by atoms with van der Waals surface area (Å²) in [7, 11) is 0. The van der Waals surface area contributed by atoms with Gasteiger partial charge in [0.05, 0.1) is 12.0 Å². The van der Waals surface area contributed by atoms with Gasteiger partial charge in [-0.15, -0.1) is 0 Å². The first-order chi connectivity index (χ1) is 16.0. The number of carbonyl (C=O) groups is 3. The molecule has 3 amide bonds. The number of hydrogen-bond donors (Lipinski definition) is 2. The summed E-state index contributed by atoms with van der Waals surface area (Å²) in [4.78, 5) is 43.2.